The van der Waals surface area contributed by atoms with Gasteiger partial charge in [-0.2, -0.15) is 8.78 Å². The van der Waals surface area contributed by atoms with Crippen molar-refractivity contribution in [3.8, 4) is 0 Å². The molecule has 1 atom stereocenters. The smallest absolute Gasteiger partial charge is 0.335 e. The van der Waals surface area contributed by atoms with Gasteiger partial charge in [-0.15, -0.1) is 0 Å². The summed E-state index contributed by atoms with van der Waals surface area (Å²) in [5.74, 6) is 0. The number of hydrogen-bond acceptors (Lipinski definition) is 2. The van der Waals surface area contributed by atoms with Crippen LogP contribution in [0.2, 0.25) is 0 Å². The molecule has 0 aromatic carbocycles. The van der Waals surface area contributed by atoms with Crippen LogP contribution in [-0.2, 0) is 4.74 Å². The van der Waals surface area contributed by atoms with E-state index in [1.165, 1.54) is 0 Å². The van der Waals surface area contributed by atoms with Crippen molar-refractivity contribution in [2.24, 2.45) is 5.73 Å². The fourth-order valence-corrected chi connectivity index (χ4v) is 0.561. The monoisotopic (exact) mass is 159 g/mol. The predicted octanol–water partition coefficient (Wildman–Crippen LogP) is -0.0463. The molecule has 0 aromatic rings. The van der Waals surface area contributed by atoms with E-state index in [1.54, 1.807) is 6.92 Å². The number of halogens is 2. The van der Waals surface area contributed by atoms with E-state index in [1.807, 2.05) is 0 Å². The highest BCUT2D eigenvalue weighted by Crippen LogP contribution is 2.12. The first-order chi connectivity index (χ1) is 4.90. The Balaban J connectivity index is 3.98. The molecule has 0 rings (SSSR count). The molecule has 4 radical (unpaired) electrons. The average Bonchev–Trinajstić information content (AvgIpc) is 1.83. The highest BCUT2D eigenvalue weighted by atomic mass is 19.3. The third-order valence-corrected chi connectivity index (χ3v) is 1.31. The van der Waals surface area contributed by atoms with Gasteiger partial charge in [0.1, 0.15) is 15.7 Å². The van der Waals surface area contributed by atoms with Gasteiger partial charge in [-0.1, -0.05) is 6.92 Å². The summed E-state index contributed by atoms with van der Waals surface area (Å²) in [6, 6.07) is -0.795. The van der Waals surface area contributed by atoms with Crippen molar-refractivity contribution in [2.45, 2.75) is 31.4 Å². The van der Waals surface area contributed by atoms with E-state index in [9.17, 15) is 8.78 Å². The molecular formula is C5H9B2F2NO. The molecule has 0 aliphatic carbocycles. The summed E-state index contributed by atoms with van der Waals surface area (Å²) in [4.78, 5) is 0. The summed E-state index contributed by atoms with van der Waals surface area (Å²) in [5.41, 5.74) is 5.29. The maximum atomic E-state index is 11.6. The lowest BCUT2D eigenvalue weighted by Crippen LogP contribution is -2.51. The second-order valence-corrected chi connectivity index (χ2v) is 2.25. The molecule has 2 N–H and O–H groups in total. The summed E-state index contributed by atoms with van der Waals surface area (Å²) in [7, 11) is 10.2. The van der Waals surface area contributed by atoms with Gasteiger partial charge in [-0.05, 0) is 6.42 Å². The van der Waals surface area contributed by atoms with Crippen LogP contribution in [-0.4, -0.2) is 33.7 Å². The molecule has 0 saturated heterocycles. The zero-order chi connectivity index (χ0) is 9.07. The van der Waals surface area contributed by atoms with Crippen LogP contribution >= 0.6 is 0 Å². The SMILES string of the molecule is [B]C([B])(OC(F)F)C(N)CC. The molecule has 0 aromatic heterocycles. The zero-order valence-corrected chi connectivity index (χ0v) is 6.26. The fourth-order valence-electron chi connectivity index (χ4n) is 0.561. The average molecular weight is 159 g/mol. The Kier molecular flexibility index (Phi) is 4.03. The molecule has 0 aliphatic heterocycles. The van der Waals surface area contributed by atoms with Crippen LogP contribution < -0.4 is 5.73 Å². The lowest BCUT2D eigenvalue weighted by Gasteiger charge is -2.31. The lowest BCUT2D eigenvalue weighted by atomic mass is 9.60. The molecule has 0 spiro atoms. The summed E-state index contributed by atoms with van der Waals surface area (Å²) in [5, 5.41) is -1.94. The van der Waals surface area contributed by atoms with Gasteiger partial charge < -0.3 is 10.5 Å². The Morgan fingerprint density at radius 2 is 2.00 bits per heavy atom. The summed E-state index contributed by atoms with van der Waals surface area (Å²) >= 11 is 0. The molecular weight excluding hydrogens is 150 g/mol. The largest absolute Gasteiger partial charge is 0.344 e. The molecule has 6 heteroatoms. The van der Waals surface area contributed by atoms with E-state index in [4.69, 9.17) is 21.4 Å². The quantitative estimate of drug-likeness (QED) is 0.583. The van der Waals surface area contributed by atoms with Crippen LogP contribution in [0.1, 0.15) is 13.3 Å². The lowest BCUT2D eigenvalue weighted by molar-refractivity contribution is -0.159. The summed E-state index contributed by atoms with van der Waals surface area (Å²) in [6.45, 7) is -1.32. The van der Waals surface area contributed by atoms with Crippen LogP contribution in [0.4, 0.5) is 8.78 Å². The van der Waals surface area contributed by atoms with Gasteiger partial charge in [0.15, 0.2) is 0 Å². The number of rotatable bonds is 4. The summed E-state index contributed by atoms with van der Waals surface area (Å²) in [6.07, 6.45) is 0.375. The van der Waals surface area contributed by atoms with Gasteiger partial charge >= 0.3 is 6.61 Å². The van der Waals surface area contributed by atoms with Crippen LogP contribution in [0.3, 0.4) is 0 Å². The molecule has 60 valence electrons. The minimum Gasteiger partial charge on any atom is -0.335 e. The molecule has 0 bridgehead atoms. The third-order valence-electron chi connectivity index (χ3n) is 1.31. The first-order valence-electron chi connectivity index (χ1n) is 3.19. The molecule has 11 heavy (non-hydrogen) atoms. The molecule has 0 amide bonds. The van der Waals surface area contributed by atoms with Crippen LogP contribution in [0.25, 0.3) is 0 Å². The zero-order valence-electron chi connectivity index (χ0n) is 6.26. The molecule has 0 aliphatic rings. The van der Waals surface area contributed by atoms with Gasteiger partial charge in [-0.3, -0.25) is 0 Å². The standard InChI is InChI=1S/C5H9B2F2NO/c1-2-3(10)5(6,7)11-4(8)9/h3-4H,2,10H2,1H3. The number of alkyl halides is 2. The molecule has 0 fully saturated rings. The van der Waals surface area contributed by atoms with E-state index in [2.05, 4.69) is 4.74 Å². The maximum absolute atomic E-state index is 11.6. The fraction of sp³-hybridized carbons (Fsp3) is 1.00. The van der Waals surface area contributed by atoms with E-state index >= 15 is 0 Å². The van der Waals surface area contributed by atoms with Crippen molar-refractivity contribution in [1.29, 1.82) is 0 Å². The Labute approximate surface area is 67.3 Å². The van der Waals surface area contributed by atoms with Crippen LogP contribution in [0.5, 0.6) is 0 Å². The molecule has 0 saturated carbocycles. The van der Waals surface area contributed by atoms with Gasteiger partial charge in [0, 0.05) is 11.4 Å². The normalized spacial score (nSPS) is 15.4. The predicted molar refractivity (Wildman–Crippen MR) is 39.6 cm³/mol. The Morgan fingerprint density at radius 1 is 1.55 bits per heavy atom. The first kappa shape index (κ1) is 10.9. The van der Waals surface area contributed by atoms with Crippen LogP contribution in [0, 0.1) is 0 Å². The number of nitrogens with two attached hydrogens (primary N) is 1. The summed E-state index contributed by atoms with van der Waals surface area (Å²) < 4.78 is 27.1. The Bertz CT molecular complexity index is 123. The Morgan fingerprint density at radius 3 is 2.27 bits per heavy atom. The molecule has 1 unspecified atom stereocenters. The van der Waals surface area contributed by atoms with Crippen LogP contribution in [0.15, 0.2) is 0 Å². The van der Waals surface area contributed by atoms with Crippen molar-refractivity contribution in [2.75, 3.05) is 0 Å². The van der Waals surface area contributed by atoms with Gasteiger partial charge in [0.05, 0.1) is 0 Å². The highest BCUT2D eigenvalue weighted by molar-refractivity contribution is 6.39. The van der Waals surface area contributed by atoms with Gasteiger partial charge in [0.2, 0.25) is 0 Å². The second-order valence-electron chi connectivity index (χ2n) is 2.25. The highest BCUT2D eigenvalue weighted by Gasteiger charge is 2.27. The second kappa shape index (κ2) is 4.07. The van der Waals surface area contributed by atoms with Crippen molar-refractivity contribution >= 4 is 15.7 Å². The third kappa shape index (κ3) is 3.72. The number of ether oxygens (including phenoxy) is 1. The molecule has 2 nitrogen and oxygen atoms in total. The van der Waals surface area contributed by atoms with E-state index in [0.717, 1.165) is 0 Å². The number of hydrogen-bond donors (Lipinski definition) is 1. The maximum Gasteiger partial charge on any atom is 0.344 e. The molecule has 0 heterocycles. The van der Waals surface area contributed by atoms with Crippen molar-refractivity contribution in [1.82, 2.24) is 0 Å². The first-order valence-corrected chi connectivity index (χ1v) is 3.19. The van der Waals surface area contributed by atoms with E-state index in [0.29, 0.717) is 6.42 Å². The van der Waals surface area contributed by atoms with Gasteiger partial charge in [0.25, 0.3) is 0 Å². The van der Waals surface area contributed by atoms with E-state index in [-0.39, 0.29) is 0 Å². The minimum absolute atomic E-state index is 0.375. The van der Waals surface area contributed by atoms with Crippen molar-refractivity contribution in [3.05, 3.63) is 0 Å². The van der Waals surface area contributed by atoms with Gasteiger partial charge in [-0.25, -0.2) is 0 Å². The Hall–Kier alpha value is -0.0901. The van der Waals surface area contributed by atoms with Crippen molar-refractivity contribution < 1.29 is 13.5 Å². The van der Waals surface area contributed by atoms with E-state index < -0.39 is 18.1 Å². The van der Waals surface area contributed by atoms with Crippen molar-refractivity contribution in [3.63, 3.8) is 0 Å². The minimum atomic E-state index is -3.00. The topological polar surface area (TPSA) is 35.2 Å².